The normalized spacial score (nSPS) is 20.4. The summed E-state index contributed by atoms with van der Waals surface area (Å²) in [4.78, 5) is 119. The highest BCUT2D eigenvalue weighted by atomic mass is 31.2. The largest absolute Gasteiger partial charge is 0.470 e. The minimum Gasteiger partial charge on any atom is -0.462 e. The van der Waals surface area contributed by atoms with Crippen molar-refractivity contribution in [2.45, 2.75) is 590 Å². The molecule has 2 fully saturated rings. The van der Waals surface area contributed by atoms with E-state index in [4.69, 9.17) is 42.2 Å². The lowest BCUT2D eigenvalue weighted by molar-refractivity contribution is -0.296. The standard InChI is InChI=1S/C101H192N2O24P2/c1-8-14-20-26-32-38-40-42-44-50-56-62-68-74-90(109)120-84(72-66-60-54-48-36-30-24-18-12-5)78-89(108)103-94-98(124-92(111)77-83(106)71-65-59-53-47-35-29-23-17-11-4)96(113)87(123-101(94)127-128(7,114)115)81-119-100-95(102-88(107)76-82(105)70-64-58-52-46-34-28-22-16-10-3)99(97(86(80-104)122-100)126-129(116,117)118)125-93(112)79-85(73-67-61-55-49-37-31-25-19-13-6)121-91(110)75-69-63-57-51-45-43-41-39-33-27-21-15-9-2/h82-87,94-101,104-106,113H,8-81H2,1-7H3,(H,102,107)(H,103,108)(H,114,115)(H2,116,117,118)/t82?,83?,84?,85?,86?,87?,94?,95?,96-,97?,98-,99-,100-,101?/m1/s1. The van der Waals surface area contributed by atoms with Gasteiger partial charge in [0.2, 0.25) is 11.8 Å². The summed E-state index contributed by atoms with van der Waals surface area (Å²) in [5.74, 6) is -4.77. The summed E-state index contributed by atoms with van der Waals surface area (Å²) in [6.45, 7) is 12.0. The third-order valence-electron chi connectivity index (χ3n) is 25.4. The van der Waals surface area contributed by atoms with Crippen LogP contribution in [-0.2, 0) is 80.1 Å². The van der Waals surface area contributed by atoms with Crippen molar-refractivity contribution >= 4 is 51.1 Å². The van der Waals surface area contributed by atoms with Crippen molar-refractivity contribution in [1.29, 1.82) is 0 Å². The second-order valence-electron chi connectivity index (χ2n) is 38.0. The number of nitrogens with one attached hydrogen (secondary N) is 2. The van der Waals surface area contributed by atoms with Crippen molar-refractivity contribution in [2.75, 3.05) is 19.9 Å². The van der Waals surface area contributed by atoms with E-state index in [0.717, 1.165) is 225 Å². The number of amides is 2. The van der Waals surface area contributed by atoms with E-state index in [1.807, 2.05) is 0 Å². The smallest absolute Gasteiger partial charge is 0.462 e. The number of esters is 4. The molecule has 0 bridgehead atoms. The fourth-order valence-corrected chi connectivity index (χ4v) is 18.8. The number of phosphoric ester groups is 1. The number of hydrogen-bond acceptors (Lipinski definition) is 21. The van der Waals surface area contributed by atoms with Crippen LogP contribution in [0.3, 0.4) is 0 Å². The van der Waals surface area contributed by atoms with Crippen LogP contribution in [0, 0.1) is 0 Å². The fourth-order valence-electron chi connectivity index (χ4n) is 17.7. The van der Waals surface area contributed by atoms with Gasteiger partial charge in [0.25, 0.3) is 0 Å². The summed E-state index contributed by atoms with van der Waals surface area (Å²) in [6, 6.07) is -3.66. The minimum absolute atomic E-state index is 0.0959. The van der Waals surface area contributed by atoms with Crippen LogP contribution in [0.15, 0.2) is 0 Å². The monoisotopic (exact) mass is 1880 g/mol. The van der Waals surface area contributed by atoms with E-state index in [2.05, 4.69) is 52.2 Å². The van der Waals surface area contributed by atoms with Crippen LogP contribution in [0.4, 0.5) is 0 Å². The van der Waals surface area contributed by atoms with Crippen LogP contribution in [0.5, 0.6) is 0 Å². The summed E-state index contributed by atoms with van der Waals surface area (Å²) < 4.78 is 81.6. The van der Waals surface area contributed by atoms with Gasteiger partial charge in [0.15, 0.2) is 24.8 Å². The van der Waals surface area contributed by atoms with Gasteiger partial charge in [-0.15, -0.1) is 0 Å². The zero-order valence-electron chi connectivity index (χ0n) is 82.4. The van der Waals surface area contributed by atoms with Gasteiger partial charge in [-0.25, -0.2) is 4.57 Å². The summed E-state index contributed by atoms with van der Waals surface area (Å²) in [5, 5.41) is 52.3. The second kappa shape index (κ2) is 80.9. The molecule has 0 aromatic carbocycles. The number of rotatable bonds is 90. The Labute approximate surface area is 782 Å². The van der Waals surface area contributed by atoms with Gasteiger partial charge in [0.1, 0.15) is 48.7 Å². The molecule has 2 amide bonds. The molecule has 2 aliphatic heterocycles. The summed E-state index contributed by atoms with van der Waals surface area (Å²) in [7, 11) is -10.4. The van der Waals surface area contributed by atoms with Crippen LogP contribution >= 0.6 is 15.4 Å². The van der Waals surface area contributed by atoms with E-state index >= 15 is 0 Å². The van der Waals surface area contributed by atoms with Crippen LogP contribution < -0.4 is 10.6 Å². The average molecular weight is 1880 g/mol. The van der Waals surface area contributed by atoms with Crippen molar-refractivity contribution < 1.29 is 115 Å². The number of carbonyl (C=O) groups excluding carboxylic acids is 6. The van der Waals surface area contributed by atoms with E-state index in [1.165, 1.54) is 141 Å². The number of aliphatic hydroxyl groups excluding tert-OH is 4. The molecule has 9 N–H and O–H groups in total. The van der Waals surface area contributed by atoms with Gasteiger partial charge in [-0.2, -0.15) is 0 Å². The highest BCUT2D eigenvalue weighted by Gasteiger charge is 2.55. The van der Waals surface area contributed by atoms with Gasteiger partial charge < -0.3 is 78.9 Å². The molecule has 0 aromatic rings. The molecule has 129 heavy (non-hydrogen) atoms. The Hall–Kier alpha value is -3.20. The molecule has 0 aliphatic carbocycles. The van der Waals surface area contributed by atoms with Gasteiger partial charge in [0.05, 0.1) is 51.1 Å². The Morgan fingerprint density at radius 2 is 0.620 bits per heavy atom. The predicted octanol–water partition coefficient (Wildman–Crippen LogP) is 23.7. The molecule has 0 spiro atoms. The molecule has 15 atom stereocenters. The van der Waals surface area contributed by atoms with Crippen molar-refractivity contribution in [2.24, 2.45) is 0 Å². The van der Waals surface area contributed by atoms with Crippen LogP contribution in [0.1, 0.15) is 504 Å². The molecule has 760 valence electrons. The number of unbranched alkanes of at least 4 members (excludes halogenated alkanes) is 56. The first kappa shape index (κ1) is 122. The fraction of sp³-hybridized carbons (Fsp3) is 0.941. The SMILES string of the molecule is CCCCCCCCCCCCCCCC(=O)OC(CCCCCCCCCCC)CC(=O)NC1C(OP(C)(=O)O)OC(CO[C@@H]2OC(CO)C(OP(=O)(O)O)[C@H](OC(=O)CC(CCCCCCCCCCC)OC(=O)CCCCCCCCCCCCCCC)C2NC(=O)CC(O)CCCCCCCCCCC)[C@@H](O)[C@@H]1OC(=O)CC(O)CCCCCCCCCCC. The highest BCUT2D eigenvalue weighted by molar-refractivity contribution is 7.51. The maximum Gasteiger partial charge on any atom is 0.470 e. The van der Waals surface area contributed by atoms with Crippen molar-refractivity contribution in [1.82, 2.24) is 10.6 Å². The van der Waals surface area contributed by atoms with Gasteiger partial charge >= 0.3 is 39.3 Å². The third-order valence-corrected chi connectivity index (χ3v) is 26.5. The van der Waals surface area contributed by atoms with Crippen molar-refractivity contribution in [3.63, 3.8) is 0 Å². The molecule has 2 rings (SSSR count). The highest BCUT2D eigenvalue weighted by Crippen LogP contribution is 2.44. The van der Waals surface area contributed by atoms with Crippen LogP contribution in [0.2, 0.25) is 0 Å². The van der Waals surface area contributed by atoms with E-state index in [1.54, 1.807) is 0 Å². The quantitative estimate of drug-likeness (QED) is 0.0118. The molecular formula is C101H192N2O24P2. The molecule has 0 radical (unpaired) electrons. The summed E-state index contributed by atoms with van der Waals surface area (Å²) in [6.07, 6.45) is 44.1. The Morgan fingerprint density at radius 1 is 0.333 bits per heavy atom. The Bertz CT molecular complexity index is 2820. The van der Waals surface area contributed by atoms with Crippen molar-refractivity contribution in [3.8, 4) is 0 Å². The molecule has 2 aliphatic rings. The molecular weight excluding hydrogens is 1690 g/mol. The Morgan fingerprint density at radius 3 is 0.961 bits per heavy atom. The molecule has 2 heterocycles. The number of hydrogen-bond donors (Lipinski definition) is 9. The zero-order valence-corrected chi connectivity index (χ0v) is 84.2. The lowest BCUT2D eigenvalue weighted by atomic mass is 9.95. The molecule has 11 unspecified atom stereocenters. The number of carbonyl (C=O) groups is 6. The van der Waals surface area contributed by atoms with Crippen LogP contribution in [-0.4, -0.2) is 176 Å². The number of aliphatic hydroxyl groups is 4. The molecule has 28 heteroatoms. The lowest BCUT2D eigenvalue weighted by Crippen LogP contribution is -2.68. The first-order valence-electron chi connectivity index (χ1n) is 53.0. The lowest BCUT2D eigenvalue weighted by Gasteiger charge is -2.47. The van der Waals surface area contributed by atoms with Gasteiger partial charge in [-0.1, -0.05) is 414 Å². The number of phosphoric acid groups is 1. The Kier molecular flexibility index (Phi) is 76.4. The Balaban J connectivity index is 2.75. The average Bonchev–Trinajstić information content (AvgIpc) is 0.770. The van der Waals surface area contributed by atoms with Crippen LogP contribution in [0.25, 0.3) is 0 Å². The molecule has 2 saturated heterocycles. The molecule has 26 nitrogen and oxygen atoms in total. The van der Waals surface area contributed by atoms with Gasteiger partial charge in [-0.3, -0.25) is 42.4 Å². The predicted molar refractivity (Wildman–Crippen MR) is 512 cm³/mol. The maximum absolute atomic E-state index is 14.9. The second-order valence-corrected chi connectivity index (χ2v) is 41.0. The van der Waals surface area contributed by atoms with E-state index in [-0.39, 0.29) is 32.1 Å². The van der Waals surface area contributed by atoms with Gasteiger partial charge in [-0.05, 0) is 51.4 Å². The summed E-state index contributed by atoms with van der Waals surface area (Å²) in [5.41, 5.74) is 0. The zero-order chi connectivity index (χ0) is 94.7. The van der Waals surface area contributed by atoms with Crippen molar-refractivity contribution in [3.05, 3.63) is 0 Å². The summed E-state index contributed by atoms with van der Waals surface area (Å²) >= 11 is 0. The molecule has 0 aromatic heterocycles. The topological polar surface area (TPSA) is 385 Å². The first-order chi connectivity index (χ1) is 62.3. The molecule has 0 saturated carbocycles. The first-order valence-corrected chi connectivity index (χ1v) is 56.5. The minimum atomic E-state index is -5.64. The van der Waals surface area contributed by atoms with E-state index in [9.17, 15) is 73.0 Å². The van der Waals surface area contributed by atoms with Gasteiger partial charge in [0, 0.05) is 19.5 Å². The van der Waals surface area contributed by atoms with E-state index in [0.29, 0.717) is 44.9 Å². The number of ether oxygens (including phenoxy) is 7. The third kappa shape index (κ3) is 66.8. The van der Waals surface area contributed by atoms with E-state index < -0.39 is 176 Å². The maximum atomic E-state index is 14.9.